The molecule has 1 aliphatic heterocycles. The molecule has 0 saturated carbocycles. The van der Waals surface area contributed by atoms with E-state index in [0.29, 0.717) is 29.0 Å². The fraction of sp³-hybridized carbons (Fsp3) is 0.308. The Bertz CT molecular complexity index is 666. The maximum Gasteiger partial charge on any atom is 0.416 e. The molecule has 1 amide bonds. The number of cyclic esters (lactones) is 1. The van der Waals surface area contributed by atoms with E-state index in [1.807, 2.05) is 0 Å². The van der Waals surface area contributed by atoms with Crippen molar-refractivity contribution in [2.24, 2.45) is 0 Å². The normalized spacial score (nSPS) is 18.6. The van der Waals surface area contributed by atoms with E-state index >= 15 is 0 Å². The SMILES string of the molecule is COC[C@@H]1COC(=O)N1c1noc2cc(C=O)ccc12. The van der Waals surface area contributed by atoms with Crippen molar-refractivity contribution in [3.8, 4) is 0 Å². The van der Waals surface area contributed by atoms with Crippen molar-refractivity contribution < 1.29 is 23.6 Å². The zero-order chi connectivity index (χ0) is 14.1. The zero-order valence-corrected chi connectivity index (χ0v) is 10.7. The van der Waals surface area contributed by atoms with Crippen molar-refractivity contribution in [3.63, 3.8) is 0 Å². The van der Waals surface area contributed by atoms with Crippen LogP contribution in [0.25, 0.3) is 11.0 Å². The number of methoxy groups -OCH3 is 1. The van der Waals surface area contributed by atoms with E-state index in [9.17, 15) is 9.59 Å². The van der Waals surface area contributed by atoms with E-state index in [0.717, 1.165) is 6.29 Å². The molecule has 1 saturated heterocycles. The first-order valence-corrected chi connectivity index (χ1v) is 6.04. The Kier molecular flexibility index (Phi) is 3.11. The van der Waals surface area contributed by atoms with Crippen molar-refractivity contribution in [2.45, 2.75) is 6.04 Å². The number of rotatable bonds is 4. The summed E-state index contributed by atoms with van der Waals surface area (Å²) in [5, 5.41) is 4.56. The predicted octanol–water partition coefficient (Wildman–Crippen LogP) is 1.61. The average molecular weight is 276 g/mol. The van der Waals surface area contributed by atoms with Crippen LogP contribution >= 0.6 is 0 Å². The van der Waals surface area contributed by atoms with Crippen molar-refractivity contribution in [1.82, 2.24) is 5.16 Å². The number of carbonyl (C=O) groups is 2. The highest BCUT2D eigenvalue weighted by molar-refractivity contribution is 6.00. The summed E-state index contributed by atoms with van der Waals surface area (Å²) in [5.41, 5.74) is 0.929. The number of amides is 1. The number of hydrogen-bond donors (Lipinski definition) is 0. The molecule has 0 aliphatic carbocycles. The van der Waals surface area contributed by atoms with Gasteiger partial charge in [0.25, 0.3) is 0 Å². The van der Waals surface area contributed by atoms with Crippen molar-refractivity contribution in [2.75, 3.05) is 25.2 Å². The molecular weight excluding hydrogens is 264 g/mol. The van der Waals surface area contributed by atoms with Crippen molar-refractivity contribution in [1.29, 1.82) is 0 Å². The fourth-order valence-corrected chi connectivity index (χ4v) is 2.22. The molecule has 0 bridgehead atoms. The molecule has 0 unspecified atom stereocenters. The standard InChI is InChI=1S/C13H12N2O5/c1-18-6-9-7-19-13(17)15(9)12-10-3-2-8(5-16)4-11(10)20-14-12/h2-5,9H,6-7H2,1H3/t9-/m1/s1. The van der Waals surface area contributed by atoms with Gasteiger partial charge < -0.3 is 14.0 Å². The second kappa shape index (κ2) is 4.93. The van der Waals surface area contributed by atoms with Crippen LogP contribution in [0.15, 0.2) is 22.7 Å². The molecule has 7 nitrogen and oxygen atoms in total. The maximum absolute atomic E-state index is 11.8. The summed E-state index contributed by atoms with van der Waals surface area (Å²) in [6.07, 6.45) is 0.237. The van der Waals surface area contributed by atoms with Crippen LogP contribution in [-0.2, 0) is 9.47 Å². The maximum atomic E-state index is 11.8. The van der Waals surface area contributed by atoms with E-state index in [2.05, 4.69) is 5.16 Å². The summed E-state index contributed by atoms with van der Waals surface area (Å²) in [7, 11) is 1.55. The Morgan fingerprint density at radius 3 is 3.15 bits per heavy atom. The Labute approximate surface area is 114 Å². The highest BCUT2D eigenvalue weighted by atomic mass is 16.6. The van der Waals surface area contributed by atoms with Gasteiger partial charge in [0.05, 0.1) is 18.0 Å². The molecule has 20 heavy (non-hydrogen) atoms. The number of ether oxygens (including phenoxy) is 2. The summed E-state index contributed by atoms with van der Waals surface area (Å²) in [6.45, 7) is 0.583. The van der Waals surface area contributed by atoms with Gasteiger partial charge in [-0.3, -0.25) is 4.79 Å². The lowest BCUT2D eigenvalue weighted by Crippen LogP contribution is -2.37. The molecule has 0 radical (unpaired) electrons. The van der Waals surface area contributed by atoms with Gasteiger partial charge in [-0.25, -0.2) is 9.69 Å². The van der Waals surface area contributed by atoms with Gasteiger partial charge in [0, 0.05) is 12.7 Å². The molecule has 0 spiro atoms. The third kappa shape index (κ3) is 1.92. The highest BCUT2D eigenvalue weighted by Gasteiger charge is 2.37. The zero-order valence-electron chi connectivity index (χ0n) is 10.7. The lowest BCUT2D eigenvalue weighted by molar-refractivity contribution is 0.112. The minimum absolute atomic E-state index is 0.244. The van der Waals surface area contributed by atoms with Crippen LogP contribution in [0.1, 0.15) is 10.4 Å². The smallest absolute Gasteiger partial charge is 0.416 e. The molecule has 2 aromatic rings. The van der Waals surface area contributed by atoms with Gasteiger partial charge in [0.1, 0.15) is 12.9 Å². The van der Waals surface area contributed by atoms with E-state index < -0.39 is 6.09 Å². The van der Waals surface area contributed by atoms with Crippen LogP contribution < -0.4 is 4.90 Å². The minimum atomic E-state index is -0.485. The number of hydrogen-bond acceptors (Lipinski definition) is 6. The molecule has 2 heterocycles. The first-order chi connectivity index (χ1) is 9.74. The predicted molar refractivity (Wildman–Crippen MR) is 68.9 cm³/mol. The van der Waals surface area contributed by atoms with Crippen LogP contribution in [0.4, 0.5) is 10.6 Å². The molecule has 1 fully saturated rings. The highest BCUT2D eigenvalue weighted by Crippen LogP contribution is 2.30. The number of carbonyl (C=O) groups excluding carboxylic acids is 2. The molecule has 1 aliphatic rings. The Balaban J connectivity index is 2.04. The molecule has 1 aromatic carbocycles. The second-order valence-corrected chi connectivity index (χ2v) is 4.44. The quantitative estimate of drug-likeness (QED) is 0.789. The van der Waals surface area contributed by atoms with Gasteiger partial charge in [-0.2, -0.15) is 0 Å². The number of benzene rings is 1. The van der Waals surface area contributed by atoms with Crippen molar-refractivity contribution >= 4 is 29.2 Å². The number of nitrogens with zero attached hydrogens (tertiary/aromatic N) is 2. The first-order valence-electron chi connectivity index (χ1n) is 6.04. The monoisotopic (exact) mass is 276 g/mol. The summed E-state index contributed by atoms with van der Waals surface area (Å²) in [6, 6.07) is 4.67. The molecule has 1 atom stereocenters. The van der Waals surface area contributed by atoms with Gasteiger partial charge in [-0.1, -0.05) is 11.2 Å². The van der Waals surface area contributed by atoms with E-state index in [-0.39, 0.29) is 12.6 Å². The van der Waals surface area contributed by atoms with Gasteiger partial charge in [0.15, 0.2) is 11.4 Å². The summed E-state index contributed by atoms with van der Waals surface area (Å²) in [4.78, 5) is 24.0. The number of aromatic nitrogens is 1. The third-order valence-electron chi connectivity index (χ3n) is 3.16. The summed E-state index contributed by atoms with van der Waals surface area (Å²) < 4.78 is 15.3. The topological polar surface area (TPSA) is 81.9 Å². The Morgan fingerprint density at radius 1 is 1.55 bits per heavy atom. The van der Waals surface area contributed by atoms with Gasteiger partial charge in [-0.15, -0.1) is 0 Å². The summed E-state index contributed by atoms with van der Waals surface area (Å²) in [5.74, 6) is 0.377. The van der Waals surface area contributed by atoms with E-state index in [1.165, 1.54) is 4.90 Å². The lowest BCUT2D eigenvalue weighted by atomic mass is 10.1. The Hall–Kier alpha value is -2.41. The summed E-state index contributed by atoms with van der Waals surface area (Å²) >= 11 is 0. The molecular formula is C13H12N2O5. The van der Waals surface area contributed by atoms with Gasteiger partial charge >= 0.3 is 6.09 Å². The van der Waals surface area contributed by atoms with Crippen LogP contribution in [0.5, 0.6) is 0 Å². The Morgan fingerprint density at radius 2 is 2.40 bits per heavy atom. The molecule has 0 N–H and O–H groups in total. The van der Waals surface area contributed by atoms with Crippen LogP contribution in [0.3, 0.4) is 0 Å². The van der Waals surface area contributed by atoms with Gasteiger partial charge in [-0.05, 0) is 12.1 Å². The lowest BCUT2D eigenvalue weighted by Gasteiger charge is -2.17. The molecule has 3 rings (SSSR count). The largest absolute Gasteiger partial charge is 0.447 e. The van der Waals surface area contributed by atoms with Crippen LogP contribution in [-0.4, -0.2) is 43.9 Å². The number of anilines is 1. The van der Waals surface area contributed by atoms with E-state index in [1.54, 1.807) is 25.3 Å². The number of aldehydes is 1. The van der Waals surface area contributed by atoms with Gasteiger partial charge in [0.2, 0.25) is 0 Å². The molecule has 1 aromatic heterocycles. The molecule has 7 heteroatoms. The molecule has 104 valence electrons. The fourth-order valence-electron chi connectivity index (χ4n) is 2.22. The van der Waals surface area contributed by atoms with E-state index in [4.69, 9.17) is 14.0 Å². The average Bonchev–Trinajstić information content (AvgIpc) is 3.02. The third-order valence-corrected chi connectivity index (χ3v) is 3.16. The second-order valence-electron chi connectivity index (χ2n) is 4.44. The minimum Gasteiger partial charge on any atom is -0.447 e. The van der Waals surface area contributed by atoms with Crippen molar-refractivity contribution in [3.05, 3.63) is 23.8 Å². The first kappa shape index (κ1) is 12.6. The number of fused-ring (bicyclic) bond motifs is 1. The van der Waals surface area contributed by atoms with Crippen LogP contribution in [0.2, 0.25) is 0 Å². The van der Waals surface area contributed by atoms with Crippen LogP contribution in [0, 0.1) is 0 Å².